The Kier molecular flexibility index (Phi) is 7.39. The van der Waals surface area contributed by atoms with E-state index in [1.54, 1.807) is 17.4 Å². The molecule has 2 saturated heterocycles. The van der Waals surface area contributed by atoms with Crippen molar-refractivity contribution < 1.29 is 14.3 Å². The Morgan fingerprint density at radius 1 is 1.27 bits per heavy atom. The predicted octanol–water partition coefficient (Wildman–Crippen LogP) is 3.78. The summed E-state index contributed by atoms with van der Waals surface area (Å²) in [5.74, 6) is 1.64. The van der Waals surface area contributed by atoms with Gasteiger partial charge in [-0.25, -0.2) is 9.78 Å². The first-order valence-corrected chi connectivity index (χ1v) is 10.4. The molecule has 2 fully saturated rings. The summed E-state index contributed by atoms with van der Waals surface area (Å²) in [7, 11) is 0. The molecule has 0 bridgehead atoms. The molecule has 0 saturated carbocycles. The lowest BCUT2D eigenvalue weighted by atomic mass is 9.95. The summed E-state index contributed by atoms with van der Waals surface area (Å²) < 4.78 is 12.9. The topological polar surface area (TPSA) is 68.6 Å². The van der Waals surface area contributed by atoms with Gasteiger partial charge in [0.2, 0.25) is 0 Å². The third-order valence-electron chi connectivity index (χ3n) is 5.84. The number of hydrogen-bond donors (Lipinski definition) is 1. The van der Waals surface area contributed by atoms with Crippen molar-refractivity contribution in [3.05, 3.63) is 36.8 Å². The molecule has 0 aliphatic carbocycles. The van der Waals surface area contributed by atoms with Gasteiger partial charge in [-0.3, -0.25) is 9.47 Å². The van der Waals surface area contributed by atoms with Gasteiger partial charge in [-0.1, -0.05) is 0 Å². The number of nitrogens with one attached hydrogen (secondary N) is 1. The van der Waals surface area contributed by atoms with E-state index in [-0.39, 0.29) is 24.0 Å². The van der Waals surface area contributed by atoms with Crippen LogP contribution in [-0.4, -0.2) is 59.1 Å². The van der Waals surface area contributed by atoms with Crippen LogP contribution in [0.4, 0.5) is 4.79 Å². The highest BCUT2D eigenvalue weighted by Crippen LogP contribution is 2.25. The first kappa shape index (κ1) is 22.6. The molecule has 0 unspecified atom stereocenters. The van der Waals surface area contributed by atoms with Crippen molar-refractivity contribution >= 4 is 18.4 Å². The molecule has 4 rings (SSSR count). The van der Waals surface area contributed by atoms with Crippen LogP contribution in [0.3, 0.4) is 0 Å². The minimum Gasteiger partial charge on any atom is -0.494 e. The number of rotatable bonds is 5. The number of piperidine rings is 1. The van der Waals surface area contributed by atoms with Gasteiger partial charge in [-0.05, 0) is 76.4 Å². The van der Waals surface area contributed by atoms with Crippen molar-refractivity contribution in [3.8, 4) is 17.0 Å². The Morgan fingerprint density at radius 3 is 2.67 bits per heavy atom. The number of aromatic nitrogens is 2. The van der Waals surface area contributed by atoms with Gasteiger partial charge < -0.3 is 14.8 Å². The van der Waals surface area contributed by atoms with E-state index < -0.39 is 0 Å². The number of imidazole rings is 1. The predicted molar refractivity (Wildman–Crippen MR) is 118 cm³/mol. The van der Waals surface area contributed by atoms with Gasteiger partial charge >= 0.3 is 6.03 Å². The minimum atomic E-state index is -0.311. The molecule has 7 nitrogen and oxygen atoms in total. The number of ether oxygens (including phenoxy) is 2. The molecule has 164 valence electrons. The van der Waals surface area contributed by atoms with E-state index in [9.17, 15) is 4.79 Å². The molecule has 2 aliphatic rings. The van der Waals surface area contributed by atoms with E-state index in [1.165, 1.54) is 17.4 Å². The fourth-order valence-electron chi connectivity index (χ4n) is 3.91. The third-order valence-corrected chi connectivity index (χ3v) is 5.84. The number of amides is 1. The molecule has 0 radical (unpaired) electrons. The van der Waals surface area contributed by atoms with Crippen molar-refractivity contribution in [2.45, 2.75) is 38.6 Å². The van der Waals surface area contributed by atoms with Crippen molar-refractivity contribution in [1.29, 1.82) is 0 Å². The van der Waals surface area contributed by atoms with Gasteiger partial charge in [0.15, 0.2) is 0 Å². The number of nitrogens with zero attached hydrogens (tertiary/aromatic N) is 3. The normalized spacial score (nSPS) is 18.8. The smallest absolute Gasteiger partial charge is 0.331 e. The van der Waals surface area contributed by atoms with E-state index in [4.69, 9.17) is 9.47 Å². The molecule has 30 heavy (non-hydrogen) atoms. The van der Waals surface area contributed by atoms with Gasteiger partial charge in [-0.15, -0.1) is 12.4 Å². The number of carbonyl (C=O) groups is 1. The molecule has 3 heterocycles. The molecular formula is C22H31ClN4O3. The molecule has 1 N–H and O–H groups in total. The van der Waals surface area contributed by atoms with E-state index in [1.807, 2.05) is 38.1 Å². The summed E-state index contributed by atoms with van der Waals surface area (Å²) in [5.41, 5.74) is 1.41. The van der Waals surface area contributed by atoms with E-state index in [0.717, 1.165) is 49.0 Å². The zero-order chi connectivity index (χ0) is 20.3. The number of benzene rings is 1. The van der Waals surface area contributed by atoms with Crippen molar-refractivity contribution in [2.24, 2.45) is 5.92 Å². The average molecular weight is 435 g/mol. The number of halogens is 1. The first-order valence-electron chi connectivity index (χ1n) is 10.4. The van der Waals surface area contributed by atoms with Crippen LogP contribution in [0.15, 0.2) is 36.8 Å². The fraction of sp³-hybridized carbons (Fsp3) is 0.545. The Balaban J connectivity index is 0.00000256. The number of carbonyl (C=O) groups excluding carboxylic acids is 1. The second kappa shape index (κ2) is 9.81. The summed E-state index contributed by atoms with van der Waals surface area (Å²) in [6.45, 7) is 7.84. The largest absolute Gasteiger partial charge is 0.494 e. The molecular weight excluding hydrogens is 404 g/mol. The molecule has 8 heteroatoms. The van der Waals surface area contributed by atoms with Crippen LogP contribution < -0.4 is 10.1 Å². The summed E-state index contributed by atoms with van der Waals surface area (Å²) in [6.07, 6.45) is 6.92. The van der Waals surface area contributed by atoms with E-state index in [2.05, 4.69) is 10.3 Å². The molecule has 1 aromatic carbocycles. The Labute approximate surface area is 184 Å². The maximum atomic E-state index is 12.8. The summed E-state index contributed by atoms with van der Waals surface area (Å²) in [6, 6.07) is 7.79. The lowest BCUT2D eigenvalue weighted by Crippen LogP contribution is -2.45. The molecule has 1 aromatic heterocycles. The Hall–Kier alpha value is -2.09. The van der Waals surface area contributed by atoms with E-state index >= 15 is 0 Å². The lowest BCUT2D eigenvalue weighted by Gasteiger charge is -2.28. The third kappa shape index (κ3) is 5.14. The zero-order valence-corrected chi connectivity index (χ0v) is 18.5. The van der Waals surface area contributed by atoms with Crippen LogP contribution in [0.5, 0.6) is 5.75 Å². The van der Waals surface area contributed by atoms with Crippen LogP contribution in [-0.2, 0) is 4.74 Å². The number of hydrogen-bond acceptors (Lipinski definition) is 5. The van der Waals surface area contributed by atoms with Gasteiger partial charge in [0.1, 0.15) is 18.8 Å². The van der Waals surface area contributed by atoms with Gasteiger partial charge in [0.25, 0.3) is 0 Å². The molecule has 0 atom stereocenters. The van der Waals surface area contributed by atoms with Crippen molar-refractivity contribution in [3.63, 3.8) is 0 Å². The van der Waals surface area contributed by atoms with Crippen LogP contribution in [0.2, 0.25) is 0 Å². The molecule has 0 spiro atoms. The fourth-order valence-corrected chi connectivity index (χ4v) is 3.91. The average Bonchev–Trinajstić information content (AvgIpc) is 3.35. The SMILES string of the molecule is CC1(C)COCN1C(=O)n1cnc(-c2ccc(OCCC3CCNCC3)cc2)c1.Cl. The minimum absolute atomic E-state index is 0. The zero-order valence-electron chi connectivity index (χ0n) is 17.7. The summed E-state index contributed by atoms with van der Waals surface area (Å²) in [4.78, 5) is 18.9. The Bertz CT molecular complexity index is 831. The van der Waals surface area contributed by atoms with Gasteiger partial charge in [0.05, 0.1) is 24.4 Å². The van der Waals surface area contributed by atoms with Crippen LogP contribution in [0.1, 0.15) is 33.1 Å². The second-order valence-electron chi connectivity index (χ2n) is 8.52. The standard InChI is InChI=1S/C22H30N4O3.ClH/c1-22(2)14-28-16-26(22)21(27)25-13-20(24-15-25)18-3-5-19(6-4-18)29-12-9-17-7-10-23-11-8-17;/h3-6,13,15,17,23H,7-12,14,16H2,1-2H3;1H. The van der Waals surface area contributed by atoms with E-state index in [0.29, 0.717) is 13.3 Å². The molecule has 2 aliphatic heterocycles. The van der Waals surface area contributed by atoms with Gasteiger partial charge in [0, 0.05) is 11.8 Å². The maximum Gasteiger partial charge on any atom is 0.331 e. The van der Waals surface area contributed by atoms with Crippen molar-refractivity contribution in [2.75, 3.05) is 33.0 Å². The van der Waals surface area contributed by atoms with Gasteiger partial charge in [-0.2, -0.15) is 0 Å². The highest BCUT2D eigenvalue weighted by Gasteiger charge is 2.37. The summed E-state index contributed by atoms with van der Waals surface area (Å²) in [5, 5.41) is 3.39. The first-order chi connectivity index (χ1) is 14.0. The van der Waals surface area contributed by atoms with Crippen LogP contribution in [0, 0.1) is 5.92 Å². The quantitative estimate of drug-likeness (QED) is 0.775. The van der Waals surface area contributed by atoms with Crippen molar-refractivity contribution in [1.82, 2.24) is 19.8 Å². The summed E-state index contributed by atoms with van der Waals surface area (Å²) >= 11 is 0. The van der Waals surface area contributed by atoms with Crippen LogP contribution in [0.25, 0.3) is 11.3 Å². The van der Waals surface area contributed by atoms with Crippen LogP contribution >= 0.6 is 12.4 Å². The monoisotopic (exact) mass is 434 g/mol. The lowest BCUT2D eigenvalue weighted by molar-refractivity contribution is 0.140. The second-order valence-corrected chi connectivity index (χ2v) is 8.52. The highest BCUT2D eigenvalue weighted by atomic mass is 35.5. The molecule has 1 amide bonds. The maximum absolute atomic E-state index is 12.8. The Morgan fingerprint density at radius 2 is 2.00 bits per heavy atom. The highest BCUT2D eigenvalue weighted by molar-refractivity contribution is 5.85. The molecule has 2 aromatic rings.